The maximum atomic E-state index is 3.71. The van der Waals surface area contributed by atoms with Gasteiger partial charge in [-0.05, 0) is 56.4 Å². The molecule has 1 aliphatic carbocycles. The molecule has 2 rings (SSSR count). The molecule has 1 saturated carbocycles. The Bertz CT molecular complexity index is 390. The molecule has 0 aliphatic heterocycles. The van der Waals surface area contributed by atoms with Crippen LogP contribution in [0.25, 0.3) is 0 Å². The second-order valence-electron chi connectivity index (χ2n) is 6.30. The van der Waals surface area contributed by atoms with Gasteiger partial charge in [-0.15, -0.1) is 0 Å². The number of nitrogens with zero attached hydrogens (tertiary/aromatic N) is 1. The van der Waals surface area contributed by atoms with Gasteiger partial charge in [-0.1, -0.05) is 20.3 Å². The Balaban J connectivity index is 2.03. The first kappa shape index (κ1) is 14.2. The molecule has 106 valence electrons. The van der Waals surface area contributed by atoms with Crippen LogP contribution in [0.5, 0.6) is 0 Å². The van der Waals surface area contributed by atoms with E-state index >= 15 is 0 Å². The van der Waals surface area contributed by atoms with Gasteiger partial charge in [-0.25, -0.2) is 0 Å². The van der Waals surface area contributed by atoms with Crippen LogP contribution >= 0.6 is 0 Å². The molecule has 1 atom stereocenters. The lowest BCUT2D eigenvalue weighted by Crippen LogP contribution is -2.30. The zero-order valence-electron chi connectivity index (χ0n) is 12.9. The molecule has 0 heterocycles. The van der Waals surface area contributed by atoms with Gasteiger partial charge < -0.3 is 10.2 Å². The van der Waals surface area contributed by atoms with Crippen molar-refractivity contribution in [2.75, 3.05) is 23.3 Å². The maximum absolute atomic E-state index is 3.71. The van der Waals surface area contributed by atoms with E-state index in [1.54, 1.807) is 0 Å². The molecule has 19 heavy (non-hydrogen) atoms. The third-order valence-corrected chi connectivity index (χ3v) is 4.59. The Morgan fingerprint density at radius 1 is 1.16 bits per heavy atom. The second kappa shape index (κ2) is 5.85. The van der Waals surface area contributed by atoms with E-state index in [0.29, 0.717) is 11.5 Å². The van der Waals surface area contributed by atoms with Gasteiger partial charge in [0.25, 0.3) is 0 Å². The molecule has 0 spiro atoms. The average Bonchev–Trinajstić information content (AvgIpc) is 2.72. The lowest BCUT2D eigenvalue weighted by atomic mass is 9.87. The SMILES string of the molecule is CCN(CC)c1ccc(NC2CCCC2(C)C)cc1. The zero-order valence-corrected chi connectivity index (χ0v) is 12.9. The molecule has 0 radical (unpaired) electrons. The molecule has 1 unspecified atom stereocenters. The Labute approximate surface area is 118 Å². The van der Waals surface area contributed by atoms with E-state index in [1.807, 2.05) is 0 Å². The van der Waals surface area contributed by atoms with Crippen molar-refractivity contribution in [3.05, 3.63) is 24.3 Å². The number of benzene rings is 1. The molecular formula is C17H28N2. The lowest BCUT2D eigenvalue weighted by Gasteiger charge is -2.29. The van der Waals surface area contributed by atoms with Crippen LogP contribution in [0.3, 0.4) is 0 Å². The highest BCUT2D eigenvalue weighted by Gasteiger charge is 2.34. The minimum Gasteiger partial charge on any atom is -0.382 e. The first-order chi connectivity index (χ1) is 9.06. The number of nitrogens with one attached hydrogen (secondary N) is 1. The summed E-state index contributed by atoms with van der Waals surface area (Å²) < 4.78 is 0. The van der Waals surface area contributed by atoms with Crippen molar-refractivity contribution in [1.82, 2.24) is 0 Å². The molecule has 0 bridgehead atoms. The van der Waals surface area contributed by atoms with Gasteiger partial charge in [0.05, 0.1) is 0 Å². The smallest absolute Gasteiger partial charge is 0.0367 e. The first-order valence-electron chi connectivity index (χ1n) is 7.68. The largest absolute Gasteiger partial charge is 0.382 e. The summed E-state index contributed by atoms with van der Waals surface area (Å²) in [5, 5.41) is 3.71. The van der Waals surface area contributed by atoms with E-state index < -0.39 is 0 Å². The highest BCUT2D eigenvalue weighted by molar-refractivity contribution is 5.55. The molecule has 0 amide bonds. The molecule has 1 fully saturated rings. The summed E-state index contributed by atoms with van der Waals surface area (Å²) >= 11 is 0. The van der Waals surface area contributed by atoms with Crippen molar-refractivity contribution in [2.24, 2.45) is 5.41 Å². The summed E-state index contributed by atoms with van der Waals surface area (Å²) in [5.41, 5.74) is 3.01. The summed E-state index contributed by atoms with van der Waals surface area (Å²) in [4.78, 5) is 2.38. The fraction of sp³-hybridized carbons (Fsp3) is 0.647. The molecule has 0 saturated heterocycles. The monoisotopic (exact) mass is 260 g/mol. The molecular weight excluding hydrogens is 232 g/mol. The van der Waals surface area contributed by atoms with Crippen molar-refractivity contribution >= 4 is 11.4 Å². The molecule has 1 aromatic carbocycles. The van der Waals surface area contributed by atoms with E-state index in [1.165, 1.54) is 30.6 Å². The van der Waals surface area contributed by atoms with E-state index in [2.05, 4.69) is 62.2 Å². The fourth-order valence-corrected chi connectivity index (χ4v) is 3.15. The van der Waals surface area contributed by atoms with Crippen molar-refractivity contribution in [1.29, 1.82) is 0 Å². The van der Waals surface area contributed by atoms with Gasteiger partial charge in [0, 0.05) is 30.5 Å². The number of anilines is 2. The third-order valence-electron chi connectivity index (χ3n) is 4.59. The van der Waals surface area contributed by atoms with E-state index in [-0.39, 0.29) is 0 Å². The second-order valence-corrected chi connectivity index (χ2v) is 6.30. The molecule has 2 nitrogen and oxygen atoms in total. The summed E-state index contributed by atoms with van der Waals surface area (Å²) in [6, 6.07) is 9.53. The van der Waals surface area contributed by atoms with E-state index in [9.17, 15) is 0 Å². The number of rotatable bonds is 5. The minimum atomic E-state index is 0.428. The van der Waals surface area contributed by atoms with Crippen LogP contribution in [0.1, 0.15) is 47.0 Å². The molecule has 2 heteroatoms. The Kier molecular flexibility index (Phi) is 4.38. The van der Waals surface area contributed by atoms with E-state index in [4.69, 9.17) is 0 Å². The highest BCUT2D eigenvalue weighted by atomic mass is 15.1. The van der Waals surface area contributed by atoms with Crippen molar-refractivity contribution in [2.45, 2.75) is 53.0 Å². The van der Waals surface area contributed by atoms with Crippen LogP contribution in [-0.2, 0) is 0 Å². The average molecular weight is 260 g/mol. The quantitative estimate of drug-likeness (QED) is 0.837. The molecule has 1 aromatic rings. The van der Waals surface area contributed by atoms with Crippen LogP contribution in [0.2, 0.25) is 0 Å². The van der Waals surface area contributed by atoms with Crippen LogP contribution in [0.4, 0.5) is 11.4 Å². The van der Waals surface area contributed by atoms with Crippen LogP contribution in [-0.4, -0.2) is 19.1 Å². The molecule has 0 aromatic heterocycles. The predicted octanol–water partition coefficient (Wildman–Crippen LogP) is 4.52. The lowest BCUT2D eigenvalue weighted by molar-refractivity contribution is 0.350. The maximum Gasteiger partial charge on any atom is 0.0367 e. The van der Waals surface area contributed by atoms with Crippen molar-refractivity contribution < 1.29 is 0 Å². The van der Waals surface area contributed by atoms with Gasteiger partial charge in [0.1, 0.15) is 0 Å². The number of hydrogen-bond donors (Lipinski definition) is 1. The third kappa shape index (κ3) is 3.23. The standard InChI is InChI=1S/C17H28N2/c1-5-19(6-2)15-11-9-14(10-12-15)18-16-8-7-13-17(16,3)4/h9-12,16,18H,5-8,13H2,1-4H3. The van der Waals surface area contributed by atoms with Crippen LogP contribution < -0.4 is 10.2 Å². The van der Waals surface area contributed by atoms with Crippen LogP contribution in [0.15, 0.2) is 24.3 Å². The van der Waals surface area contributed by atoms with Crippen molar-refractivity contribution in [3.8, 4) is 0 Å². The fourth-order valence-electron chi connectivity index (χ4n) is 3.15. The highest BCUT2D eigenvalue weighted by Crippen LogP contribution is 2.39. The summed E-state index contributed by atoms with van der Waals surface area (Å²) in [5.74, 6) is 0. The molecule has 1 N–H and O–H groups in total. The topological polar surface area (TPSA) is 15.3 Å². The first-order valence-corrected chi connectivity index (χ1v) is 7.68. The van der Waals surface area contributed by atoms with Gasteiger partial charge in [-0.2, -0.15) is 0 Å². The minimum absolute atomic E-state index is 0.428. The summed E-state index contributed by atoms with van der Waals surface area (Å²) in [6.07, 6.45) is 3.98. The van der Waals surface area contributed by atoms with Gasteiger partial charge in [-0.3, -0.25) is 0 Å². The van der Waals surface area contributed by atoms with Crippen molar-refractivity contribution in [3.63, 3.8) is 0 Å². The Morgan fingerprint density at radius 3 is 2.26 bits per heavy atom. The van der Waals surface area contributed by atoms with E-state index in [0.717, 1.165) is 13.1 Å². The predicted molar refractivity (Wildman–Crippen MR) is 85.0 cm³/mol. The van der Waals surface area contributed by atoms with Gasteiger partial charge in [0.2, 0.25) is 0 Å². The van der Waals surface area contributed by atoms with Gasteiger partial charge >= 0.3 is 0 Å². The van der Waals surface area contributed by atoms with Gasteiger partial charge in [0.15, 0.2) is 0 Å². The van der Waals surface area contributed by atoms with Crippen LogP contribution in [0, 0.1) is 5.41 Å². The molecule has 1 aliphatic rings. The zero-order chi connectivity index (χ0) is 13.9. The Hall–Kier alpha value is -1.18. The Morgan fingerprint density at radius 2 is 1.79 bits per heavy atom. The number of hydrogen-bond acceptors (Lipinski definition) is 2. The normalized spacial score (nSPS) is 21.4. The summed E-state index contributed by atoms with van der Waals surface area (Å²) in [6.45, 7) is 11.3. The summed E-state index contributed by atoms with van der Waals surface area (Å²) in [7, 11) is 0.